The van der Waals surface area contributed by atoms with Gasteiger partial charge in [0.15, 0.2) is 0 Å². The van der Waals surface area contributed by atoms with E-state index >= 15 is 0 Å². The van der Waals surface area contributed by atoms with Gasteiger partial charge in [-0.2, -0.15) is 0 Å². The summed E-state index contributed by atoms with van der Waals surface area (Å²) >= 11 is 0. The predicted molar refractivity (Wildman–Crippen MR) is 76.4 cm³/mol. The number of aromatic nitrogens is 1. The lowest BCUT2D eigenvalue weighted by atomic mass is 10.1. The van der Waals surface area contributed by atoms with Crippen LogP contribution < -0.4 is 4.72 Å². The third kappa shape index (κ3) is 3.45. The van der Waals surface area contributed by atoms with Crippen molar-refractivity contribution in [2.45, 2.75) is 18.4 Å². The van der Waals surface area contributed by atoms with Gasteiger partial charge in [-0.15, -0.1) is 0 Å². The summed E-state index contributed by atoms with van der Waals surface area (Å²) in [6.07, 6.45) is 3.14. The van der Waals surface area contributed by atoms with Crippen LogP contribution in [0.5, 0.6) is 0 Å². The molecule has 1 aromatic heterocycles. The Morgan fingerprint density at radius 2 is 1.90 bits per heavy atom. The molecule has 0 radical (unpaired) electrons. The molecule has 0 amide bonds. The molecule has 0 aliphatic rings. The Morgan fingerprint density at radius 1 is 1.24 bits per heavy atom. The van der Waals surface area contributed by atoms with Crippen LogP contribution in [0.2, 0.25) is 0 Å². The van der Waals surface area contributed by atoms with Crippen molar-refractivity contribution in [1.82, 2.24) is 9.71 Å². The monoisotopic (exact) mass is 306 g/mol. The summed E-state index contributed by atoms with van der Waals surface area (Å²) in [5, 5.41) is 9.04. The van der Waals surface area contributed by atoms with Crippen LogP contribution in [0.1, 0.15) is 21.5 Å². The van der Waals surface area contributed by atoms with Gasteiger partial charge in [0.05, 0.1) is 10.5 Å². The lowest BCUT2D eigenvalue weighted by molar-refractivity contribution is 0.0696. The van der Waals surface area contributed by atoms with Crippen molar-refractivity contribution in [3.05, 3.63) is 59.4 Å². The van der Waals surface area contributed by atoms with Gasteiger partial charge < -0.3 is 5.11 Å². The van der Waals surface area contributed by atoms with Gasteiger partial charge in [-0.1, -0.05) is 6.07 Å². The minimum Gasteiger partial charge on any atom is -0.478 e. The number of nitrogens with zero attached hydrogens (tertiary/aromatic N) is 1. The molecule has 0 atom stereocenters. The van der Waals surface area contributed by atoms with E-state index in [-0.39, 0.29) is 22.6 Å². The fraction of sp³-hybridized carbons (Fsp3) is 0.143. The van der Waals surface area contributed by atoms with Crippen LogP contribution in [0.3, 0.4) is 0 Å². The fourth-order valence-corrected chi connectivity index (χ4v) is 3.18. The van der Waals surface area contributed by atoms with Gasteiger partial charge in [-0.05, 0) is 42.3 Å². The molecule has 0 aliphatic carbocycles. The highest BCUT2D eigenvalue weighted by Crippen LogP contribution is 2.19. The van der Waals surface area contributed by atoms with Crippen molar-refractivity contribution < 1.29 is 18.3 Å². The molecule has 2 rings (SSSR count). The maximum atomic E-state index is 12.3. The smallest absolute Gasteiger partial charge is 0.335 e. The standard InChI is InChI=1S/C14H14N2O4S/c1-10-12(14(17)18)3-2-4-13(10)21(19,20)16-9-11-5-7-15-8-6-11/h2-8,16H,9H2,1H3,(H,17,18). The van der Waals surface area contributed by atoms with E-state index in [0.717, 1.165) is 5.56 Å². The molecule has 0 spiro atoms. The number of nitrogens with one attached hydrogen (secondary N) is 1. The van der Waals surface area contributed by atoms with Crippen LogP contribution in [0.25, 0.3) is 0 Å². The first kappa shape index (κ1) is 15.1. The topological polar surface area (TPSA) is 96.4 Å². The zero-order valence-corrected chi connectivity index (χ0v) is 12.1. The van der Waals surface area contributed by atoms with E-state index in [1.807, 2.05) is 0 Å². The van der Waals surface area contributed by atoms with Crippen LogP contribution in [0.15, 0.2) is 47.6 Å². The fourth-order valence-electron chi connectivity index (χ4n) is 1.89. The highest BCUT2D eigenvalue weighted by Gasteiger charge is 2.20. The molecule has 21 heavy (non-hydrogen) atoms. The first-order chi connectivity index (χ1) is 9.92. The van der Waals surface area contributed by atoms with Gasteiger partial charge in [0.25, 0.3) is 0 Å². The van der Waals surface area contributed by atoms with Crippen molar-refractivity contribution in [1.29, 1.82) is 0 Å². The summed E-state index contributed by atoms with van der Waals surface area (Å²) in [5.74, 6) is -1.15. The number of carboxylic acid groups (broad SMARTS) is 1. The Labute approximate surface area is 122 Å². The lowest BCUT2D eigenvalue weighted by Gasteiger charge is -2.11. The normalized spacial score (nSPS) is 11.3. The minimum absolute atomic E-state index is 0.0261. The summed E-state index contributed by atoms with van der Waals surface area (Å²) in [7, 11) is -3.78. The molecular formula is C14H14N2O4S. The molecule has 0 fully saturated rings. The summed E-state index contributed by atoms with van der Waals surface area (Å²) in [6.45, 7) is 1.59. The Hall–Kier alpha value is -2.25. The summed E-state index contributed by atoms with van der Waals surface area (Å²) in [5.41, 5.74) is 0.953. The second kappa shape index (κ2) is 6.02. The van der Waals surface area contributed by atoms with Crippen molar-refractivity contribution in [3.8, 4) is 0 Å². The molecule has 0 saturated carbocycles. The Morgan fingerprint density at radius 3 is 2.52 bits per heavy atom. The van der Waals surface area contributed by atoms with Crippen LogP contribution in [0.4, 0.5) is 0 Å². The molecule has 110 valence electrons. The number of benzene rings is 1. The van der Waals surface area contributed by atoms with E-state index in [1.54, 1.807) is 24.5 Å². The summed E-state index contributed by atoms with van der Waals surface area (Å²) < 4.78 is 27.0. The number of carboxylic acids is 1. The van der Waals surface area contributed by atoms with Gasteiger partial charge in [0.1, 0.15) is 0 Å². The number of aromatic carboxylic acids is 1. The number of carbonyl (C=O) groups is 1. The maximum absolute atomic E-state index is 12.3. The zero-order valence-electron chi connectivity index (χ0n) is 11.3. The van der Waals surface area contributed by atoms with Crippen LogP contribution in [0, 0.1) is 6.92 Å². The third-order valence-corrected chi connectivity index (χ3v) is 4.57. The Balaban J connectivity index is 2.28. The molecule has 0 saturated heterocycles. The predicted octanol–water partition coefficient (Wildman–Crippen LogP) is 1.57. The van der Waals surface area contributed by atoms with Crippen LogP contribution >= 0.6 is 0 Å². The second-order valence-electron chi connectivity index (χ2n) is 4.41. The molecule has 7 heteroatoms. The summed E-state index contributed by atoms with van der Waals surface area (Å²) in [4.78, 5) is 14.9. The first-order valence-electron chi connectivity index (χ1n) is 6.13. The van der Waals surface area contributed by atoms with Gasteiger partial charge in [-0.3, -0.25) is 4.98 Å². The van der Waals surface area contributed by atoms with Gasteiger partial charge >= 0.3 is 5.97 Å². The lowest BCUT2D eigenvalue weighted by Crippen LogP contribution is -2.24. The van der Waals surface area contributed by atoms with Gasteiger partial charge in [0, 0.05) is 18.9 Å². The van der Waals surface area contributed by atoms with E-state index in [0.29, 0.717) is 0 Å². The molecule has 2 N–H and O–H groups in total. The van der Waals surface area contributed by atoms with E-state index in [4.69, 9.17) is 5.11 Å². The van der Waals surface area contributed by atoms with Crippen molar-refractivity contribution in [3.63, 3.8) is 0 Å². The highest BCUT2D eigenvalue weighted by molar-refractivity contribution is 7.89. The van der Waals surface area contributed by atoms with Gasteiger partial charge in [-0.25, -0.2) is 17.9 Å². The number of hydrogen-bond acceptors (Lipinski definition) is 4. The second-order valence-corrected chi connectivity index (χ2v) is 6.15. The van der Waals surface area contributed by atoms with Gasteiger partial charge in [0.2, 0.25) is 10.0 Å². The molecule has 1 aromatic carbocycles. The third-order valence-electron chi connectivity index (χ3n) is 3.02. The molecule has 0 aliphatic heterocycles. The van der Waals surface area contributed by atoms with E-state index in [2.05, 4.69) is 9.71 Å². The van der Waals surface area contributed by atoms with Crippen molar-refractivity contribution >= 4 is 16.0 Å². The molecule has 2 aromatic rings. The maximum Gasteiger partial charge on any atom is 0.335 e. The molecule has 0 unspecified atom stereocenters. The van der Waals surface area contributed by atoms with E-state index in [1.165, 1.54) is 25.1 Å². The average Bonchev–Trinajstić information content (AvgIpc) is 2.46. The van der Waals surface area contributed by atoms with Crippen LogP contribution in [-0.4, -0.2) is 24.5 Å². The van der Waals surface area contributed by atoms with Crippen molar-refractivity contribution in [2.24, 2.45) is 0 Å². The van der Waals surface area contributed by atoms with E-state index < -0.39 is 16.0 Å². The minimum atomic E-state index is -3.78. The largest absolute Gasteiger partial charge is 0.478 e. The molecular weight excluding hydrogens is 292 g/mol. The highest BCUT2D eigenvalue weighted by atomic mass is 32.2. The Kier molecular flexibility index (Phi) is 4.35. The first-order valence-corrected chi connectivity index (χ1v) is 7.61. The molecule has 6 nitrogen and oxygen atoms in total. The number of rotatable bonds is 5. The average molecular weight is 306 g/mol. The Bertz CT molecular complexity index is 758. The SMILES string of the molecule is Cc1c(C(=O)O)cccc1S(=O)(=O)NCc1ccncc1. The zero-order chi connectivity index (χ0) is 15.5. The molecule has 1 heterocycles. The summed E-state index contributed by atoms with van der Waals surface area (Å²) in [6, 6.07) is 7.57. The number of sulfonamides is 1. The van der Waals surface area contributed by atoms with Crippen LogP contribution in [-0.2, 0) is 16.6 Å². The number of hydrogen-bond donors (Lipinski definition) is 2. The van der Waals surface area contributed by atoms with E-state index in [9.17, 15) is 13.2 Å². The van der Waals surface area contributed by atoms with Crippen molar-refractivity contribution in [2.75, 3.05) is 0 Å². The molecule has 0 bridgehead atoms. The number of pyridine rings is 1. The quantitative estimate of drug-likeness (QED) is 0.874.